The summed E-state index contributed by atoms with van der Waals surface area (Å²) in [7, 11) is 0. The van der Waals surface area contributed by atoms with E-state index in [0.29, 0.717) is 50.1 Å². The summed E-state index contributed by atoms with van der Waals surface area (Å²) < 4.78 is 5.20. The summed E-state index contributed by atoms with van der Waals surface area (Å²) in [5, 5.41) is 1.53. The third-order valence-electron chi connectivity index (χ3n) is 5.33. The lowest BCUT2D eigenvalue weighted by atomic mass is 9.79. The molecule has 0 aromatic heterocycles. The van der Waals surface area contributed by atoms with Crippen LogP contribution in [0.2, 0.25) is 0 Å². The maximum atomic E-state index is 12.7. The van der Waals surface area contributed by atoms with Crippen LogP contribution in [0.3, 0.4) is 0 Å². The van der Waals surface area contributed by atoms with E-state index in [1.54, 1.807) is 19.1 Å². The normalized spacial score (nSPS) is 28.7. The van der Waals surface area contributed by atoms with E-state index in [2.05, 4.69) is 0 Å². The van der Waals surface area contributed by atoms with Crippen LogP contribution >= 0.6 is 0 Å². The van der Waals surface area contributed by atoms with E-state index < -0.39 is 35.5 Å². The molecule has 0 aromatic carbocycles. The Hall–Kier alpha value is -2.91. The van der Waals surface area contributed by atoms with E-state index in [-0.39, 0.29) is 18.7 Å². The van der Waals surface area contributed by atoms with Crippen LogP contribution in [0.4, 0.5) is 4.79 Å². The topological polar surface area (TPSA) is 120 Å². The number of hydrogen-bond donors (Lipinski definition) is 0. The molecule has 0 bridgehead atoms. The molecular formula is C19H24N2O8. The number of rotatable bonds is 4. The molecule has 10 nitrogen and oxygen atoms in total. The molecule has 10 heteroatoms. The first kappa shape index (κ1) is 20.8. The lowest BCUT2D eigenvalue weighted by Gasteiger charge is -2.31. The highest BCUT2D eigenvalue weighted by atomic mass is 16.8. The first-order chi connectivity index (χ1) is 13.8. The average Bonchev–Trinajstić information content (AvgIpc) is 3.21. The molecule has 2 heterocycles. The Balaban J connectivity index is 1.55. The first-order valence-electron chi connectivity index (χ1n) is 9.72. The van der Waals surface area contributed by atoms with Gasteiger partial charge < -0.3 is 9.57 Å². The number of amides is 3. The maximum absolute atomic E-state index is 12.7. The van der Waals surface area contributed by atoms with Crippen LogP contribution in [0.1, 0.15) is 58.3 Å². The van der Waals surface area contributed by atoms with Crippen molar-refractivity contribution >= 4 is 29.8 Å². The van der Waals surface area contributed by atoms with Crippen LogP contribution in [-0.4, -0.2) is 52.6 Å². The zero-order valence-electron chi connectivity index (χ0n) is 16.3. The van der Waals surface area contributed by atoms with Gasteiger partial charge in [0, 0.05) is 19.3 Å². The quantitative estimate of drug-likeness (QED) is 0.392. The highest BCUT2D eigenvalue weighted by Crippen LogP contribution is 2.34. The summed E-state index contributed by atoms with van der Waals surface area (Å²) in [6.45, 7) is 2.15. The highest BCUT2D eigenvalue weighted by Gasteiger charge is 2.39. The molecule has 1 unspecified atom stereocenters. The molecule has 29 heavy (non-hydrogen) atoms. The van der Waals surface area contributed by atoms with Gasteiger partial charge in [-0.05, 0) is 45.1 Å². The van der Waals surface area contributed by atoms with Gasteiger partial charge in [0.15, 0.2) is 0 Å². The minimum Gasteiger partial charge on any atom is -0.425 e. The minimum atomic E-state index is -1.16. The number of carbonyl (C=O) groups excluding carboxylic acids is 5. The van der Waals surface area contributed by atoms with E-state index in [0.717, 1.165) is 5.06 Å². The van der Waals surface area contributed by atoms with Crippen molar-refractivity contribution in [1.29, 1.82) is 0 Å². The summed E-state index contributed by atoms with van der Waals surface area (Å²) in [6, 6.07) is 0. The van der Waals surface area contributed by atoms with Crippen LogP contribution in [0.15, 0.2) is 12.2 Å². The van der Waals surface area contributed by atoms with E-state index in [9.17, 15) is 24.0 Å². The Morgan fingerprint density at radius 3 is 2.41 bits per heavy atom. The van der Waals surface area contributed by atoms with Crippen molar-refractivity contribution < 1.29 is 38.4 Å². The molecule has 2 aliphatic heterocycles. The number of hydroxylamine groups is 4. The van der Waals surface area contributed by atoms with Crippen LogP contribution in [-0.2, 0) is 33.6 Å². The molecule has 3 amide bonds. The Labute approximate surface area is 167 Å². The smallest absolute Gasteiger partial charge is 0.425 e. The Kier molecular flexibility index (Phi) is 6.19. The molecule has 0 spiro atoms. The predicted octanol–water partition coefficient (Wildman–Crippen LogP) is 1.79. The molecular weight excluding hydrogens is 384 g/mol. The van der Waals surface area contributed by atoms with Crippen molar-refractivity contribution in [3.63, 3.8) is 0 Å². The minimum absolute atomic E-state index is 0.00453. The maximum Gasteiger partial charge on any atom is 0.534 e. The summed E-state index contributed by atoms with van der Waals surface area (Å²) >= 11 is 0. The number of allylic oxidation sites excluding steroid dienone is 1. The van der Waals surface area contributed by atoms with Crippen LogP contribution in [0, 0.1) is 5.41 Å². The zero-order chi connectivity index (χ0) is 21.0. The number of ether oxygens (including phenoxy) is 1. The second kappa shape index (κ2) is 8.62. The van der Waals surface area contributed by atoms with Crippen molar-refractivity contribution in [3.8, 4) is 0 Å². The van der Waals surface area contributed by atoms with E-state index in [1.165, 1.54) is 0 Å². The third kappa shape index (κ3) is 4.93. The Morgan fingerprint density at radius 1 is 1.03 bits per heavy atom. The molecule has 3 rings (SSSR count). The van der Waals surface area contributed by atoms with Crippen molar-refractivity contribution in [2.75, 3.05) is 6.54 Å². The fraction of sp³-hybridized carbons (Fsp3) is 0.632. The van der Waals surface area contributed by atoms with Crippen LogP contribution in [0.5, 0.6) is 0 Å². The molecule has 2 fully saturated rings. The largest absolute Gasteiger partial charge is 0.534 e. The molecule has 3 aliphatic rings. The van der Waals surface area contributed by atoms with Gasteiger partial charge in [0.05, 0.1) is 12.0 Å². The number of imide groups is 1. The summed E-state index contributed by atoms with van der Waals surface area (Å²) in [5.41, 5.74) is -0.847. The second-order valence-corrected chi connectivity index (χ2v) is 7.62. The molecule has 1 aliphatic carbocycles. The van der Waals surface area contributed by atoms with Gasteiger partial charge in [0.25, 0.3) is 17.7 Å². The van der Waals surface area contributed by atoms with Gasteiger partial charge in [-0.2, -0.15) is 5.06 Å². The van der Waals surface area contributed by atoms with Crippen molar-refractivity contribution in [2.45, 2.75) is 64.4 Å². The van der Waals surface area contributed by atoms with Gasteiger partial charge in [0.2, 0.25) is 0 Å². The molecule has 2 atom stereocenters. The van der Waals surface area contributed by atoms with Crippen molar-refractivity contribution in [3.05, 3.63) is 12.2 Å². The van der Waals surface area contributed by atoms with Gasteiger partial charge in [-0.3, -0.25) is 19.2 Å². The van der Waals surface area contributed by atoms with Crippen molar-refractivity contribution in [2.24, 2.45) is 5.41 Å². The molecule has 0 aromatic rings. The van der Waals surface area contributed by atoms with Gasteiger partial charge >= 0.3 is 12.1 Å². The Bertz CT molecular complexity index is 732. The molecule has 2 saturated heterocycles. The lowest BCUT2D eigenvalue weighted by Crippen LogP contribution is -2.38. The van der Waals surface area contributed by atoms with E-state index in [4.69, 9.17) is 14.4 Å². The fourth-order valence-corrected chi connectivity index (χ4v) is 3.44. The predicted molar refractivity (Wildman–Crippen MR) is 95.2 cm³/mol. The summed E-state index contributed by atoms with van der Waals surface area (Å²) in [6.07, 6.45) is 4.40. The van der Waals surface area contributed by atoms with E-state index in [1.807, 2.05) is 0 Å². The van der Waals surface area contributed by atoms with Crippen molar-refractivity contribution in [1.82, 2.24) is 10.1 Å². The molecule has 158 valence electrons. The standard InChI is InChI=1S/C19H24N2O8/c1-19(17(25)28-20-12-4-6-14(20)22)10-3-2-5-13(9-11-19)27-18(26)29-21-15(23)7-8-16(21)24/h2,5,13H,3-4,6-12H2,1H3/b5-2+/t13?,19-/m1/s1. The third-order valence-corrected chi connectivity index (χ3v) is 5.33. The first-order valence-corrected chi connectivity index (χ1v) is 9.72. The molecule has 0 N–H and O–H groups in total. The van der Waals surface area contributed by atoms with Crippen LogP contribution < -0.4 is 0 Å². The van der Waals surface area contributed by atoms with Gasteiger partial charge in [-0.1, -0.05) is 11.1 Å². The SMILES string of the molecule is C[C@@]1(C(=O)ON2CCCC2=O)CC/C=C/C(OC(=O)ON2C(=O)CCC2=O)CC1. The number of nitrogens with zero attached hydrogens (tertiary/aromatic N) is 2. The van der Waals surface area contributed by atoms with Gasteiger partial charge in [-0.15, -0.1) is 0 Å². The lowest BCUT2D eigenvalue weighted by molar-refractivity contribution is -0.202. The monoisotopic (exact) mass is 408 g/mol. The molecule has 0 radical (unpaired) electrons. The summed E-state index contributed by atoms with van der Waals surface area (Å²) in [4.78, 5) is 69.4. The summed E-state index contributed by atoms with van der Waals surface area (Å²) in [5.74, 6) is -1.88. The molecule has 0 saturated carbocycles. The average molecular weight is 408 g/mol. The van der Waals surface area contributed by atoms with Crippen LogP contribution in [0.25, 0.3) is 0 Å². The number of carbonyl (C=O) groups is 5. The Morgan fingerprint density at radius 2 is 1.76 bits per heavy atom. The second-order valence-electron chi connectivity index (χ2n) is 7.62. The number of hydrogen-bond acceptors (Lipinski definition) is 8. The zero-order valence-corrected chi connectivity index (χ0v) is 16.3. The highest BCUT2D eigenvalue weighted by molar-refractivity contribution is 6.01. The van der Waals surface area contributed by atoms with E-state index >= 15 is 0 Å². The van der Waals surface area contributed by atoms with Gasteiger partial charge in [0.1, 0.15) is 6.10 Å². The fourth-order valence-electron chi connectivity index (χ4n) is 3.44. The van der Waals surface area contributed by atoms with Gasteiger partial charge in [-0.25, -0.2) is 9.59 Å².